The lowest BCUT2D eigenvalue weighted by Crippen LogP contribution is -2.34. The van der Waals surface area contributed by atoms with Crippen LogP contribution in [-0.2, 0) is 20.9 Å². The number of hydrogen-bond donors (Lipinski definition) is 2. The van der Waals surface area contributed by atoms with E-state index in [1.54, 1.807) is 6.92 Å². The van der Waals surface area contributed by atoms with Crippen molar-refractivity contribution in [1.82, 2.24) is 5.32 Å². The van der Waals surface area contributed by atoms with Crippen LogP contribution in [0.2, 0.25) is 0 Å². The molecule has 0 heterocycles. The van der Waals surface area contributed by atoms with Gasteiger partial charge < -0.3 is 15.4 Å². The summed E-state index contributed by atoms with van der Waals surface area (Å²) in [5.41, 5.74) is 1.78. The van der Waals surface area contributed by atoms with E-state index in [4.69, 9.17) is 0 Å². The van der Waals surface area contributed by atoms with Crippen molar-refractivity contribution in [3.05, 3.63) is 29.8 Å². The van der Waals surface area contributed by atoms with Gasteiger partial charge in [0, 0.05) is 19.2 Å². The van der Waals surface area contributed by atoms with E-state index in [1.165, 1.54) is 14.0 Å². The first-order chi connectivity index (χ1) is 8.52. The maximum atomic E-state index is 11.2. The molecule has 0 aliphatic carbocycles. The minimum Gasteiger partial charge on any atom is -0.468 e. The van der Waals surface area contributed by atoms with Crippen LogP contribution in [0, 0.1) is 0 Å². The van der Waals surface area contributed by atoms with Crippen molar-refractivity contribution in [2.45, 2.75) is 26.4 Å². The highest BCUT2D eigenvalue weighted by atomic mass is 16.5. The fourth-order valence-electron chi connectivity index (χ4n) is 1.44. The minimum absolute atomic E-state index is 0.0970. The van der Waals surface area contributed by atoms with Gasteiger partial charge in [-0.15, -0.1) is 0 Å². The Kier molecular flexibility index (Phi) is 5.32. The lowest BCUT2D eigenvalue weighted by atomic mass is 10.2. The summed E-state index contributed by atoms with van der Waals surface area (Å²) in [6.45, 7) is 3.78. The number of esters is 1. The van der Waals surface area contributed by atoms with E-state index in [1.807, 2.05) is 24.3 Å². The SMILES string of the molecule is COC(=O)[C@H](C)NCc1ccc(NC(C)=O)cc1. The number of ether oxygens (including phenoxy) is 1. The number of nitrogens with one attached hydrogen (secondary N) is 2. The van der Waals surface area contributed by atoms with Gasteiger partial charge >= 0.3 is 5.97 Å². The van der Waals surface area contributed by atoms with Gasteiger partial charge in [-0.3, -0.25) is 9.59 Å². The molecule has 0 spiro atoms. The summed E-state index contributed by atoms with van der Waals surface area (Å²) >= 11 is 0. The summed E-state index contributed by atoms with van der Waals surface area (Å²) in [7, 11) is 1.36. The molecule has 0 aliphatic heterocycles. The van der Waals surface area contributed by atoms with Crippen LogP contribution in [-0.4, -0.2) is 25.0 Å². The monoisotopic (exact) mass is 250 g/mol. The molecule has 0 aliphatic rings. The average Bonchev–Trinajstić information content (AvgIpc) is 2.36. The highest BCUT2D eigenvalue weighted by molar-refractivity contribution is 5.88. The van der Waals surface area contributed by atoms with Gasteiger partial charge in [-0.2, -0.15) is 0 Å². The Hall–Kier alpha value is -1.88. The Balaban J connectivity index is 2.48. The highest BCUT2D eigenvalue weighted by Crippen LogP contribution is 2.09. The number of benzene rings is 1. The summed E-state index contributed by atoms with van der Waals surface area (Å²) in [5, 5.41) is 5.74. The Bertz CT molecular complexity index is 415. The first kappa shape index (κ1) is 14.2. The zero-order chi connectivity index (χ0) is 13.5. The normalized spacial score (nSPS) is 11.7. The number of carbonyl (C=O) groups is 2. The molecule has 1 rings (SSSR count). The van der Waals surface area contributed by atoms with E-state index in [-0.39, 0.29) is 17.9 Å². The molecule has 18 heavy (non-hydrogen) atoms. The van der Waals surface area contributed by atoms with Gasteiger partial charge in [0.2, 0.25) is 5.91 Å². The molecule has 1 aromatic rings. The maximum Gasteiger partial charge on any atom is 0.322 e. The predicted molar refractivity (Wildman–Crippen MR) is 69.1 cm³/mol. The van der Waals surface area contributed by atoms with Crippen LogP contribution in [0.25, 0.3) is 0 Å². The predicted octanol–water partition coefficient (Wildman–Crippen LogP) is 1.30. The van der Waals surface area contributed by atoms with Crippen molar-refractivity contribution >= 4 is 17.6 Å². The molecular weight excluding hydrogens is 232 g/mol. The Morgan fingerprint density at radius 1 is 1.28 bits per heavy atom. The second-order valence-electron chi connectivity index (χ2n) is 4.00. The van der Waals surface area contributed by atoms with Gasteiger partial charge in [0.15, 0.2) is 0 Å². The molecule has 1 atom stereocenters. The van der Waals surface area contributed by atoms with Gasteiger partial charge in [0.1, 0.15) is 6.04 Å². The number of methoxy groups -OCH3 is 1. The summed E-state index contributed by atoms with van der Waals surface area (Å²) in [6, 6.07) is 7.08. The van der Waals surface area contributed by atoms with Crippen LogP contribution in [0.4, 0.5) is 5.69 Å². The van der Waals surface area contributed by atoms with Gasteiger partial charge in [-0.25, -0.2) is 0 Å². The van der Waals surface area contributed by atoms with Gasteiger partial charge in [-0.05, 0) is 24.6 Å². The molecule has 0 saturated carbocycles. The molecule has 1 amide bonds. The van der Waals surface area contributed by atoms with Crippen LogP contribution < -0.4 is 10.6 Å². The average molecular weight is 250 g/mol. The largest absolute Gasteiger partial charge is 0.468 e. The van der Waals surface area contributed by atoms with Crippen LogP contribution in [0.15, 0.2) is 24.3 Å². The third kappa shape index (κ3) is 4.55. The van der Waals surface area contributed by atoms with Crippen molar-refractivity contribution in [3.63, 3.8) is 0 Å². The quantitative estimate of drug-likeness (QED) is 0.773. The van der Waals surface area contributed by atoms with Crippen molar-refractivity contribution in [1.29, 1.82) is 0 Å². The summed E-state index contributed by atoms with van der Waals surface area (Å²) < 4.78 is 4.61. The fourth-order valence-corrected chi connectivity index (χ4v) is 1.44. The van der Waals surface area contributed by atoms with E-state index < -0.39 is 0 Å². The molecule has 5 nitrogen and oxygen atoms in total. The van der Waals surface area contributed by atoms with Crippen LogP contribution in [0.5, 0.6) is 0 Å². The maximum absolute atomic E-state index is 11.2. The van der Waals surface area contributed by atoms with Crippen molar-refractivity contribution < 1.29 is 14.3 Å². The number of hydrogen-bond acceptors (Lipinski definition) is 4. The Labute approximate surface area is 107 Å². The van der Waals surface area contributed by atoms with E-state index >= 15 is 0 Å². The third-order valence-corrected chi connectivity index (χ3v) is 2.44. The molecular formula is C13H18N2O3. The molecule has 0 fully saturated rings. The summed E-state index contributed by atoms with van der Waals surface area (Å²) in [6.07, 6.45) is 0. The van der Waals surface area contributed by atoms with Crippen molar-refractivity contribution in [2.24, 2.45) is 0 Å². The first-order valence-corrected chi connectivity index (χ1v) is 5.70. The van der Waals surface area contributed by atoms with Crippen molar-refractivity contribution in [2.75, 3.05) is 12.4 Å². The number of rotatable bonds is 5. The van der Waals surface area contributed by atoms with E-state index in [0.717, 1.165) is 11.3 Å². The smallest absolute Gasteiger partial charge is 0.322 e. The molecule has 0 unspecified atom stereocenters. The number of carbonyl (C=O) groups excluding carboxylic acids is 2. The topological polar surface area (TPSA) is 67.4 Å². The van der Waals surface area contributed by atoms with Gasteiger partial charge in [0.05, 0.1) is 7.11 Å². The van der Waals surface area contributed by atoms with Crippen molar-refractivity contribution in [3.8, 4) is 0 Å². The molecule has 5 heteroatoms. The lowest BCUT2D eigenvalue weighted by Gasteiger charge is -2.11. The standard InChI is InChI=1S/C13H18N2O3/c1-9(13(17)18-3)14-8-11-4-6-12(7-5-11)15-10(2)16/h4-7,9,14H,8H2,1-3H3,(H,15,16)/t9-/m0/s1. The van der Waals surface area contributed by atoms with Gasteiger partial charge in [0.25, 0.3) is 0 Å². The lowest BCUT2D eigenvalue weighted by molar-refractivity contribution is -0.142. The Morgan fingerprint density at radius 3 is 2.39 bits per heavy atom. The summed E-state index contributed by atoms with van der Waals surface area (Å²) in [4.78, 5) is 22.0. The van der Waals surface area contributed by atoms with Crippen LogP contribution >= 0.6 is 0 Å². The zero-order valence-electron chi connectivity index (χ0n) is 10.8. The molecule has 0 radical (unpaired) electrons. The molecule has 98 valence electrons. The van der Waals surface area contributed by atoms with Crippen LogP contribution in [0.3, 0.4) is 0 Å². The summed E-state index contributed by atoms with van der Waals surface area (Å²) in [5.74, 6) is -0.384. The fraction of sp³-hybridized carbons (Fsp3) is 0.385. The minimum atomic E-state index is -0.343. The molecule has 0 aromatic heterocycles. The first-order valence-electron chi connectivity index (χ1n) is 5.70. The van der Waals surface area contributed by atoms with E-state index in [2.05, 4.69) is 15.4 Å². The second kappa shape index (κ2) is 6.76. The molecule has 0 bridgehead atoms. The van der Waals surface area contributed by atoms with E-state index in [0.29, 0.717) is 6.54 Å². The molecule has 0 saturated heterocycles. The molecule has 1 aromatic carbocycles. The van der Waals surface area contributed by atoms with Crippen LogP contribution in [0.1, 0.15) is 19.4 Å². The third-order valence-electron chi connectivity index (χ3n) is 2.44. The number of amides is 1. The second-order valence-corrected chi connectivity index (χ2v) is 4.00. The Morgan fingerprint density at radius 2 is 1.89 bits per heavy atom. The van der Waals surface area contributed by atoms with E-state index in [9.17, 15) is 9.59 Å². The molecule has 2 N–H and O–H groups in total. The highest BCUT2D eigenvalue weighted by Gasteiger charge is 2.11. The van der Waals surface area contributed by atoms with Gasteiger partial charge in [-0.1, -0.05) is 12.1 Å². The zero-order valence-corrected chi connectivity index (χ0v) is 10.8. The number of anilines is 1.